The quantitative estimate of drug-likeness (QED) is 0.331. The third-order valence-corrected chi connectivity index (χ3v) is 5.55. The number of thiocarbonyl (C=S) groups is 1. The van der Waals surface area contributed by atoms with Crippen LogP contribution in [0.5, 0.6) is 23.0 Å². The van der Waals surface area contributed by atoms with Crippen LogP contribution in [0.1, 0.15) is 33.1 Å². The van der Waals surface area contributed by atoms with Crippen molar-refractivity contribution in [2.75, 3.05) is 19.5 Å². The van der Waals surface area contributed by atoms with Crippen LogP contribution in [0.3, 0.4) is 0 Å². The minimum absolute atomic E-state index is 0.110. The Labute approximate surface area is 209 Å². The molecule has 0 aliphatic rings. The zero-order valence-corrected chi connectivity index (χ0v) is 21.2. The van der Waals surface area contributed by atoms with Gasteiger partial charge in [0.05, 0.1) is 24.8 Å². The van der Waals surface area contributed by atoms with E-state index in [2.05, 4.69) is 29.5 Å². The van der Waals surface area contributed by atoms with E-state index >= 15 is 0 Å². The van der Waals surface area contributed by atoms with E-state index in [0.717, 1.165) is 18.2 Å². The van der Waals surface area contributed by atoms with Gasteiger partial charge in [-0.1, -0.05) is 31.9 Å². The fraction of sp³-hybridized carbons (Fsp3) is 0.320. The number of carbonyl (C=O) groups is 1. The molecule has 0 atom stereocenters. The highest BCUT2D eigenvalue weighted by Crippen LogP contribution is 2.38. The Morgan fingerprint density at radius 3 is 2.47 bits per heavy atom. The number of nitrogens with one attached hydrogen (secondary N) is 2. The molecule has 3 rings (SSSR count). The molecule has 2 aromatic carbocycles. The summed E-state index contributed by atoms with van der Waals surface area (Å²) in [7, 11) is 3.14. The molecule has 180 valence electrons. The van der Waals surface area contributed by atoms with E-state index in [4.69, 9.17) is 38.0 Å². The Morgan fingerprint density at radius 2 is 1.79 bits per heavy atom. The largest absolute Gasteiger partial charge is 0.493 e. The van der Waals surface area contributed by atoms with Gasteiger partial charge in [-0.15, -0.1) is 0 Å². The van der Waals surface area contributed by atoms with Crippen molar-refractivity contribution in [3.63, 3.8) is 0 Å². The average Bonchev–Trinajstić information content (AvgIpc) is 2.79. The zero-order valence-electron chi connectivity index (χ0n) is 19.6. The number of methoxy groups -OCH3 is 2. The third-order valence-electron chi connectivity index (χ3n) is 5.05. The van der Waals surface area contributed by atoms with Crippen LogP contribution >= 0.6 is 23.8 Å². The van der Waals surface area contributed by atoms with Crippen LogP contribution in [0.15, 0.2) is 42.6 Å². The van der Waals surface area contributed by atoms with Gasteiger partial charge >= 0.3 is 0 Å². The highest BCUT2D eigenvalue weighted by atomic mass is 35.5. The third kappa shape index (κ3) is 6.71. The van der Waals surface area contributed by atoms with Crippen LogP contribution in [0, 0.1) is 5.92 Å². The molecule has 0 fully saturated rings. The second-order valence-electron chi connectivity index (χ2n) is 8.07. The maximum absolute atomic E-state index is 12.0. The SMILES string of the molecule is COc1cc2nccc(Oc3ccc(NC(=S)NC(=O)CCCC(C)C)cc3Cl)c2cc1OC. The molecule has 7 nitrogen and oxygen atoms in total. The Kier molecular flexibility index (Phi) is 8.90. The maximum Gasteiger partial charge on any atom is 0.226 e. The number of hydrogen-bond acceptors (Lipinski definition) is 6. The first kappa shape index (κ1) is 25.5. The van der Waals surface area contributed by atoms with Crippen LogP contribution in [-0.2, 0) is 4.79 Å². The summed E-state index contributed by atoms with van der Waals surface area (Å²) in [5, 5.41) is 7.02. The van der Waals surface area contributed by atoms with Gasteiger partial charge in [0.15, 0.2) is 16.6 Å². The molecule has 0 bridgehead atoms. The monoisotopic (exact) mass is 501 g/mol. The lowest BCUT2D eigenvalue weighted by molar-refractivity contribution is -0.119. The lowest BCUT2D eigenvalue weighted by atomic mass is 10.1. The highest BCUT2D eigenvalue weighted by molar-refractivity contribution is 7.80. The first-order valence-electron chi connectivity index (χ1n) is 10.9. The van der Waals surface area contributed by atoms with E-state index in [-0.39, 0.29) is 11.0 Å². The van der Waals surface area contributed by atoms with Crippen LogP contribution < -0.4 is 24.8 Å². The summed E-state index contributed by atoms with van der Waals surface area (Å²) >= 11 is 11.7. The minimum atomic E-state index is -0.110. The Bertz CT molecular complexity index is 1190. The van der Waals surface area contributed by atoms with Crippen LogP contribution in [0.2, 0.25) is 5.02 Å². The molecule has 1 aromatic heterocycles. The van der Waals surface area contributed by atoms with Crippen molar-refractivity contribution in [1.82, 2.24) is 10.3 Å². The lowest BCUT2D eigenvalue weighted by Gasteiger charge is -2.14. The summed E-state index contributed by atoms with van der Waals surface area (Å²) in [5.74, 6) is 2.63. The topological polar surface area (TPSA) is 81.7 Å². The molecule has 0 saturated heterocycles. The second-order valence-corrected chi connectivity index (χ2v) is 8.88. The number of fused-ring (bicyclic) bond motifs is 1. The van der Waals surface area contributed by atoms with Gasteiger partial charge in [-0.2, -0.15) is 0 Å². The van der Waals surface area contributed by atoms with Crippen molar-refractivity contribution in [2.24, 2.45) is 5.92 Å². The minimum Gasteiger partial charge on any atom is -0.493 e. The molecular formula is C25H28ClN3O4S. The van der Waals surface area contributed by atoms with E-state index in [1.807, 2.05) is 6.07 Å². The number of nitrogens with zero attached hydrogens (tertiary/aromatic N) is 1. The van der Waals surface area contributed by atoms with Crippen LogP contribution in [0.25, 0.3) is 10.9 Å². The van der Waals surface area contributed by atoms with Gasteiger partial charge in [0.1, 0.15) is 11.5 Å². The van der Waals surface area contributed by atoms with E-state index < -0.39 is 0 Å². The predicted octanol–water partition coefficient (Wildman–Crippen LogP) is 6.34. The summed E-state index contributed by atoms with van der Waals surface area (Å²) in [5.41, 5.74) is 1.33. The summed E-state index contributed by atoms with van der Waals surface area (Å²) in [6, 6.07) is 10.5. The van der Waals surface area contributed by atoms with Gasteiger partial charge < -0.3 is 24.8 Å². The normalized spacial score (nSPS) is 10.8. The molecule has 3 aromatic rings. The first-order valence-corrected chi connectivity index (χ1v) is 11.7. The highest BCUT2D eigenvalue weighted by Gasteiger charge is 2.13. The van der Waals surface area contributed by atoms with Crippen molar-refractivity contribution in [1.29, 1.82) is 0 Å². The molecule has 0 spiro atoms. The number of anilines is 1. The smallest absolute Gasteiger partial charge is 0.226 e. The second kappa shape index (κ2) is 11.9. The van der Waals surface area contributed by atoms with E-state index in [0.29, 0.717) is 51.6 Å². The Morgan fingerprint density at radius 1 is 1.06 bits per heavy atom. The number of aromatic nitrogens is 1. The van der Waals surface area contributed by atoms with E-state index in [1.165, 1.54) is 0 Å². The first-order chi connectivity index (χ1) is 16.3. The van der Waals surface area contributed by atoms with Crippen LogP contribution in [-0.4, -0.2) is 30.2 Å². The van der Waals surface area contributed by atoms with Crippen molar-refractivity contribution < 1.29 is 19.0 Å². The number of carbonyl (C=O) groups excluding carboxylic acids is 1. The summed E-state index contributed by atoms with van der Waals surface area (Å²) in [4.78, 5) is 16.4. The van der Waals surface area contributed by atoms with Gasteiger partial charge in [-0.3, -0.25) is 9.78 Å². The summed E-state index contributed by atoms with van der Waals surface area (Å²) in [6.45, 7) is 4.26. The molecule has 0 radical (unpaired) electrons. The molecule has 1 heterocycles. The number of pyridine rings is 1. The predicted molar refractivity (Wildman–Crippen MR) is 139 cm³/mol. The molecule has 9 heteroatoms. The van der Waals surface area contributed by atoms with Crippen molar-refractivity contribution in [3.8, 4) is 23.0 Å². The fourth-order valence-corrected chi connectivity index (χ4v) is 3.79. The van der Waals surface area contributed by atoms with Gasteiger partial charge in [-0.05, 0) is 54.9 Å². The number of hydrogen-bond donors (Lipinski definition) is 2. The fourth-order valence-electron chi connectivity index (χ4n) is 3.34. The van der Waals surface area contributed by atoms with Gasteiger partial charge in [0.25, 0.3) is 0 Å². The number of benzene rings is 2. The van der Waals surface area contributed by atoms with Crippen LogP contribution in [0.4, 0.5) is 5.69 Å². The van der Waals surface area contributed by atoms with Gasteiger partial charge in [-0.25, -0.2) is 0 Å². The molecule has 1 amide bonds. The van der Waals surface area contributed by atoms with Crippen molar-refractivity contribution in [2.45, 2.75) is 33.1 Å². The van der Waals surface area contributed by atoms with Crippen molar-refractivity contribution in [3.05, 3.63) is 47.6 Å². The zero-order chi connectivity index (χ0) is 24.7. The molecule has 0 unspecified atom stereocenters. The average molecular weight is 502 g/mol. The standard InChI is InChI=1S/C25H28ClN3O4S/c1-15(2)6-5-7-24(30)29-25(34)28-16-8-9-21(18(26)12-16)33-20-10-11-27-19-14-23(32-4)22(31-3)13-17(19)20/h8-15H,5-7H2,1-4H3,(H2,28,29,30,34). The molecule has 0 saturated carbocycles. The van der Waals surface area contributed by atoms with E-state index in [1.54, 1.807) is 50.7 Å². The molecular weight excluding hydrogens is 474 g/mol. The molecule has 2 N–H and O–H groups in total. The molecule has 0 aliphatic heterocycles. The number of amides is 1. The Hall–Kier alpha value is -3.10. The summed E-state index contributed by atoms with van der Waals surface area (Å²) in [6.07, 6.45) is 3.91. The number of rotatable bonds is 9. The van der Waals surface area contributed by atoms with Gasteiger partial charge in [0, 0.05) is 29.8 Å². The Balaban J connectivity index is 1.69. The number of ether oxygens (including phenoxy) is 3. The lowest BCUT2D eigenvalue weighted by Crippen LogP contribution is -2.33. The summed E-state index contributed by atoms with van der Waals surface area (Å²) < 4.78 is 16.8. The van der Waals surface area contributed by atoms with Gasteiger partial charge in [0.2, 0.25) is 5.91 Å². The molecule has 34 heavy (non-hydrogen) atoms. The molecule has 0 aliphatic carbocycles. The van der Waals surface area contributed by atoms with Crippen molar-refractivity contribution >= 4 is 51.4 Å². The maximum atomic E-state index is 12.0. The van der Waals surface area contributed by atoms with E-state index in [9.17, 15) is 4.79 Å². The number of halogens is 1.